The Labute approximate surface area is 236 Å². The van der Waals surface area contributed by atoms with Crippen molar-refractivity contribution in [1.29, 1.82) is 0 Å². The highest BCUT2D eigenvalue weighted by atomic mass is 32.2. The molecule has 212 valence electrons. The SMILES string of the molecule is CC(C)CN([C@@H](CCCCNC(=O)OCC1c2ccccc2-c2ccccc21)C(=O)O)S(=O)(=O)c1ccccc1. The van der Waals surface area contributed by atoms with Crippen LogP contribution in [0.2, 0.25) is 0 Å². The summed E-state index contributed by atoms with van der Waals surface area (Å²) in [6, 6.07) is 22.9. The molecule has 3 aromatic rings. The van der Waals surface area contributed by atoms with Crippen LogP contribution in [0.15, 0.2) is 83.8 Å². The lowest BCUT2D eigenvalue weighted by molar-refractivity contribution is -0.141. The van der Waals surface area contributed by atoms with Crippen LogP contribution in [0.1, 0.15) is 50.2 Å². The Morgan fingerprint density at radius 3 is 2.05 bits per heavy atom. The molecule has 8 nitrogen and oxygen atoms in total. The molecule has 0 aromatic heterocycles. The van der Waals surface area contributed by atoms with Crippen molar-refractivity contribution in [3.63, 3.8) is 0 Å². The van der Waals surface area contributed by atoms with Gasteiger partial charge in [0.1, 0.15) is 12.6 Å². The van der Waals surface area contributed by atoms with Gasteiger partial charge in [-0.2, -0.15) is 4.31 Å². The topological polar surface area (TPSA) is 113 Å². The Morgan fingerprint density at radius 2 is 1.48 bits per heavy atom. The summed E-state index contributed by atoms with van der Waals surface area (Å²) >= 11 is 0. The number of ether oxygens (including phenoxy) is 1. The van der Waals surface area contributed by atoms with Crippen molar-refractivity contribution in [3.05, 3.63) is 90.0 Å². The van der Waals surface area contributed by atoms with Crippen LogP contribution in [0, 0.1) is 5.92 Å². The summed E-state index contributed by atoms with van der Waals surface area (Å²) in [5.74, 6) is -1.28. The Kier molecular flexibility index (Phi) is 9.60. The van der Waals surface area contributed by atoms with Gasteiger partial charge in [0.2, 0.25) is 10.0 Å². The number of carbonyl (C=O) groups excluding carboxylic acids is 1. The van der Waals surface area contributed by atoms with E-state index in [1.54, 1.807) is 18.2 Å². The van der Waals surface area contributed by atoms with Crippen molar-refractivity contribution in [3.8, 4) is 11.1 Å². The van der Waals surface area contributed by atoms with Crippen molar-refractivity contribution >= 4 is 22.1 Å². The molecule has 0 radical (unpaired) electrons. The minimum Gasteiger partial charge on any atom is -0.480 e. The number of hydrogen-bond donors (Lipinski definition) is 2. The molecule has 2 N–H and O–H groups in total. The highest BCUT2D eigenvalue weighted by molar-refractivity contribution is 7.89. The number of carboxylic acid groups (broad SMARTS) is 1. The van der Waals surface area contributed by atoms with Gasteiger partial charge in [0.25, 0.3) is 0 Å². The molecule has 0 saturated heterocycles. The summed E-state index contributed by atoms with van der Waals surface area (Å²) in [5.41, 5.74) is 4.57. The molecule has 0 heterocycles. The maximum absolute atomic E-state index is 13.3. The summed E-state index contributed by atoms with van der Waals surface area (Å²) in [6.45, 7) is 4.29. The zero-order valence-corrected chi connectivity index (χ0v) is 23.6. The van der Waals surface area contributed by atoms with E-state index in [2.05, 4.69) is 29.6 Å². The number of fused-ring (bicyclic) bond motifs is 3. The second kappa shape index (κ2) is 13.1. The standard InChI is InChI=1S/C31H36N2O6S/c1-22(2)20-33(40(37,38)23-12-4-3-5-13-23)29(30(34)35)18-10-11-19-32-31(36)39-21-28-26-16-8-6-14-24(26)25-15-7-9-17-27(25)28/h3-9,12-17,22,28-29H,10-11,18-21H2,1-2H3,(H,32,36)(H,34,35)/t29-/m0/s1. The summed E-state index contributed by atoms with van der Waals surface area (Å²) in [7, 11) is -3.99. The number of nitrogens with one attached hydrogen (secondary N) is 1. The van der Waals surface area contributed by atoms with Gasteiger partial charge in [-0.3, -0.25) is 4.79 Å². The lowest BCUT2D eigenvalue weighted by Gasteiger charge is -2.29. The third kappa shape index (κ3) is 6.71. The average molecular weight is 565 g/mol. The molecule has 0 fully saturated rings. The molecular formula is C31H36N2O6S. The number of carboxylic acids is 1. The summed E-state index contributed by atoms with van der Waals surface area (Å²) in [4.78, 5) is 24.7. The minimum atomic E-state index is -3.99. The molecule has 1 atom stereocenters. The largest absolute Gasteiger partial charge is 0.480 e. The molecular weight excluding hydrogens is 528 g/mol. The lowest BCUT2D eigenvalue weighted by Crippen LogP contribution is -2.46. The summed E-state index contributed by atoms with van der Waals surface area (Å²) in [6.07, 6.45) is 0.485. The number of nitrogens with zero attached hydrogens (tertiary/aromatic N) is 1. The molecule has 0 spiro atoms. The van der Waals surface area contributed by atoms with Crippen LogP contribution in [0.5, 0.6) is 0 Å². The van der Waals surface area contributed by atoms with E-state index in [4.69, 9.17) is 4.74 Å². The number of rotatable bonds is 13. The van der Waals surface area contributed by atoms with E-state index in [0.717, 1.165) is 26.6 Å². The molecule has 0 saturated carbocycles. The molecule has 0 aliphatic heterocycles. The molecule has 3 aromatic carbocycles. The van der Waals surface area contributed by atoms with Gasteiger partial charge in [-0.05, 0) is 59.6 Å². The van der Waals surface area contributed by atoms with Crippen molar-refractivity contribution < 1.29 is 27.9 Å². The van der Waals surface area contributed by atoms with E-state index in [9.17, 15) is 23.1 Å². The predicted molar refractivity (Wildman–Crippen MR) is 154 cm³/mol. The van der Waals surface area contributed by atoms with E-state index < -0.39 is 28.1 Å². The molecule has 4 rings (SSSR count). The zero-order valence-electron chi connectivity index (χ0n) is 22.8. The summed E-state index contributed by atoms with van der Waals surface area (Å²) < 4.78 is 33.3. The Morgan fingerprint density at radius 1 is 0.900 bits per heavy atom. The number of amides is 1. The van der Waals surface area contributed by atoms with E-state index in [1.807, 2.05) is 38.1 Å². The maximum atomic E-state index is 13.3. The van der Waals surface area contributed by atoms with Crippen LogP contribution in [0.25, 0.3) is 11.1 Å². The molecule has 1 aliphatic carbocycles. The minimum absolute atomic E-state index is 0.0343. The van der Waals surface area contributed by atoms with Crippen LogP contribution in [-0.2, 0) is 19.6 Å². The van der Waals surface area contributed by atoms with Gasteiger partial charge in [-0.25, -0.2) is 13.2 Å². The molecule has 0 bridgehead atoms. The number of aliphatic carboxylic acids is 1. The Balaban J connectivity index is 1.29. The predicted octanol–water partition coefficient (Wildman–Crippen LogP) is 5.50. The van der Waals surface area contributed by atoms with Gasteiger partial charge in [-0.15, -0.1) is 0 Å². The Hall–Kier alpha value is -3.69. The number of unbranched alkanes of at least 4 members (excludes halogenated alkanes) is 1. The Bertz CT molecular complexity index is 1380. The van der Waals surface area contributed by atoms with Crippen LogP contribution >= 0.6 is 0 Å². The van der Waals surface area contributed by atoms with Gasteiger partial charge >= 0.3 is 12.1 Å². The fourth-order valence-corrected chi connectivity index (χ4v) is 6.97. The van der Waals surface area contributed by atoms with Crippen molar-refractivity contribution in [2.75, 3.05) is 19.7 Å². The second-order valence-corrected chi connectivity index (χ2v) is 12.3. The number of carbonyl (C=O) groups is 2. The fourth-order valence-electron chi connectivity index (χ4n) is 5.17. The average Bonchev–Trinajstić information content (AvgIpc) is 3.26. The first kappa shape index (κ1) is 29.3. The van der Waals surface area contributed by atoms with Crippen LogP contribution in [-0.4, -0.2) is 55.6 Å². The quantitative estimate of drug-likeness (QED) is 0.265. The van der Waals surface area contributed by atoms with E-state index >= 15 is 0 Å². The van der Waals surface area contributed by atoms with Crippen LogP contribution in [0.3, 0.4) is 0 Å². The van der Waals surface area contributed by atoms with Crippen molar-refractivity contribution in [1.82, 2.24) is 9.62 Å². The van der Waals surface area contributed by atoms with Gasteiger partial charge in [0.15, 0.2) is 0 Å². The van der Waals surface area contributed by atoms with Gasteiger partial charge < -0.3 is 15.2 Å². The van der Waals surface area contributed by atoms with Crippen LogP contribution in [0.4, 0.5) is 4.79 Å². The molecule has 1 amide bonds. The molecule has 9 heteroatoms. The first-order chi connectivity index (χ1) is 19.2. The number of alkyl carbamates (subject to hydrolysis) is 1. The number of sulfonamides is 1. The molecule has 1 aliphatic rings. The van der Waals surface area contributed by atoms with E-state index in [1.165, 1.54) is 12.1 Å². The van der Waals surface area contributed by atoms with Gasteiger partial charge in [-0.1, -0.05) is 80.6 Å². The second-order valence-electron chi connectivity index (χ2n) is 10.4. The smallest absolute Gasteiger partial charge is 0.407 e. The summed E-state index contributed by atoms with van der Waals surface area (Å²) in [5, 5.41) is 12.7. The lowest BCUT2D eigenvalue weighted by atomic mass is 9.98. The highest BCUT2D eigenvalue weighted by Gasteiger charge is 2.36. The monoisotopic (exact) mass is 564 g/mol. The van der Waals surface area contributed by atoms with Gasteiger partial charge in [0.05, 0.1) is 4.90 Å². The first-order valence-corrected chi connectivity index (χ1v) is 15.0. The normalized spacial score (nSPS) is 13.6. The fraction of sp³-hybridized carbons (Fsp3) is 0.355. The maximum Gasteiger partial charge on any atom is 0.407 e. The first-order valence-electron chi connectivity index (χ1n) is 13.6. The highest BCUT2D eigenvalue weighted by Crippen LogP contribution is 2.44. The number of benzene rings is 3. The van der Waals surface area contributed by atoms with E-state index in [0.29, 0.717) is 19.4 Å². The van der Waals surface area contributed by atoms with Crippen LogP contribution < -0.4 is 5.32 Å². The van der Waals surface area contributed by atoms with Crippen molar-refractivity contribution in [2.45, 2.75) is 50.0 Å². The van der Waals surface area contributed by atoms with Gasteiger partial charge in [0, 0.05) is 19.0 Å². The zero-order chi connectivity index (χ0) is 28.7. The van der Waals surface area contributed by atoms with E-state index in [-0.39, 0.29) is 36.3 Å². The third-order valence-corrected chi connectivity index (χ3v) is 8.93. The number of hydrogen-bond acceptors (Lipinski definition) is 5. The third-order valence-electron chi connectivity index (χ3n) is 7.04. The molecule has 40 heavy (non-hydrogen) atoms. The van der Waals surface area contributed by atoms with Crippen molar-refractivity contribution in [2.24, 2.45) is 5.92 Å². The molecule has 0 unspecified atom stereocenters.